The quantitative estimate of drug-likeness (QED) is 0.0265. The van der Waals surface area contributed by atoms with E-state index in [1.807, 2.05) is 208 Å². The van der Waals surface area contributed by atoms with E-state index in [1.165, 1.54) is 0 Å². The van der Waals surface area contributed by atoms with Gasteiger partial charge >= 0.3 is 35.8 Å². The highest BCUT2D eigenvalue weighted by Gasteiger charge is 2.29. The van der Waals surface area contributed by atoms with Crippen LogP contribution < -0.4 is 31.9 Å². The van der Waals surface area contributed by atoms with Gasteiger partial charge in [-0.15, -0.1) is 0 Å². The van der Waals surface area contributed by atoms with Gasteiger partial charge in [0.1, 0.15) is 36.3 Å². The summed E-state index contributed by atoms with van der Waals surface area (Å²) in [5.74, 6) is 1.38. The Kier molecular flexibility index (Phi) is 58.0. The van der Waals surface area contributed by atoms with Crippen molar-refractivity contribution < 1.29 is 57.2 Å². The maximum Gasteiger partial charge on any atom is 0.323 e. The second kappa shape index (κ2) is 53.3. The molecule has 0 aromatic carbocycles. The van der Waals surface area contributed by atoms with Gasteiger partial charge in [0.05, 0.1) is 36.6 Å². The zero-order chi connectivity index (χ0) is 69.9. The molecular weight excluding hydrogens is 1100 g/mol. The highest BCUT2D eigenvalue weighted by Crippen LogP contribution is 2.13. The van der Waals surface area contributed by atoms with Crippen molar-refractivity contribution in [2.45, 2.75) is 378 Å². The molecule has 0 aliphatic carbocycles. The lowest BCUT2D eigenvalue weighted by Gasteiger charge is -2.24. The van der Waals surface area contributed by atoms with Gasteiger partial charge in [-0.3, -0.25) is 28.8 Å². The van der Waals surface area contributed by atoms with Crippen LogP contribution in [0.2, 0.25) is 0 Å². The second-order valence-corrected chi connectivity index (χ2v) is 28.6. The van der Waals surface area contributed by atoms with Crippen LogP contribution in [-0.4, -0.2) is 145 Å². The first-order valence-corrected chi connectivity index (χ1v) is 33.3. The van der Waals surface area contributed by atoms with Crippen LogP contribution in [0, 0.1) is 35.5 Å². The van der Waals surface area contributed by atoms with Crippen molar-refractivity contribution in [3.8, 4) is 0 Å². The molecule has 0 heterocycles. The van der Waals surface area contributed by atoms with Gasteiger partial charge in [-0.2, -0.15) is 0 Å². The molecule has 0 saturated carbocycles. The van der Waals surface area contributed by atoms with Crippen LogP contribution >= 0.6 is 0 Å². The van der Waals surface area contributed by atoms with Crippen molar-refractivity contribution in [2.75, 3.05) is 0 Å². The van der Waals surface area contributed by atoms with E-state index in [0.29, 0.717) is 54.0 Å². The van der Waals surface area contributed by atoms with Crippen molar-refractivity contribution in [1.82, 2.24) is 31.9 Å². The van der Waals surface area contributed by atoms with Crippen molar-refractivity contribution in [3.05, 3.63) is 0 Å². The Morgan fingerprint density at radius 1 is 0.218 bits per heavy atom. The van der Waals surface area contributed by atoms with Gasteiger partial charge in [-0.05, 0) is 138 Å². The molecule has 0 aliphatic rings. The smallest absolute Gasteiger partial charge is 0.323 e. The molecular formula is C69H144N6O12. The fourth-order valence-corrected chi connectivity index (χ4v) is 7.85. The number of rotatable bonds is 33. The van der Waals surface area contributed by atoms with Gasteiger partial charge in [0.15, 0.2) is 0 Å². The largest absolute Gasteiger partial charge is 0.462 e. The monoisotopic (exact) mass is 1250 g/mol. The highest BCUT2D eigenvalue weighted by molar-refractivity contribution is 5.78. The third-order valence-electron chi connectivity index (χ3n) is 11.0. The van der Waals surface area contributed by atoms with Crippen LogP contribution in [0.15, 0.2) is 0 Å². The van der Waals surface area contributed by atoms with Crippen LogP contribution in [-0.2, 0) is 57.2 Å². The van der Waals surface area contributed by atoms with E-state index in [2.05, 4.69) is 73.4 Å². The van der Waals surface area contributed by atoms with E-state index in [4.69, 9.17) is 28.4 Å². The number of carbonyl (C=O) groups is 6. The Labute approximate surface area is 536 Å². The Morgan fingerprint density at radius 3 is 0.460 bits per heavy atom. The molecule has 0 aromatic heterocycles. The molecule has 0 amide bonds. The molecule has 0 radical (unpaired) electrons. The lowest BCUT2D eigenvalue weighted by Crippen LogP contribution is -2.46. The third kappa shape index (κ3) is 62.6. The van der Waals surface area contributed by atoms with E-state index in [9.17, 15) is 28.8 Å². The Bertz CT molecular complexity index is 1500. The minimum Gasteiger partial charge on any atom is -0.462 e. The number of hydrogen-bond acceptors (Lipinski definition) is 18. The SMILES string of the molecule is CC(C)CC(NC(C)C)C(=O)OC(C)C.CC(C)C[C@@H](NC(C)C)C(=O)OC(C)C.CC(C)C[C@H](NC(C)C)C(=O)OC(C)C.CC(C)NC(C(=O)OC(C)C)C(C)C.CC(C)N[C@@H](C(=O)OC(C)C)C(C)C.CC(C)N[C@H](C(=O)OC(C)C)C(C)C. The minimum absolute atomic E-state index is 0.0406. The summed E-state index contributed by atoms with van der Waals surface area (Å²) in [5.41, 5.74) is 0. The summed E-state index contributed by atoms with van der Waals surface area (Å²) in [4.78, 5) is 70.2. The maximum atomic E-state index is 11.7. The molecule has 0 rings (SSSR count). The van der Waals surface area contributed by atoms with Gasteiger partial charge in [-0.1, -0.05) is 166 Å². The molecule has 18 nitrogen and oxygen atoms in total. The third-order valence-corrected chi connectivity index (χ3v) is 11.0. The molecule has 0 aromatic rings. The predicted molar refractivity (Wildman–Crippen MR) is 363 cm³/mol. The van der Waals surface area contributed by atoms with Crippen molar-refractivity contribution in [1.29, 1.82) is 0 Å². The van der Waals surface area contributed by atoms with E-state index < -0.39 is 0 Å². The highest BCUT2D eigenvalue weighted by atomic mass is 16.6. The second-order valence-electron chi connectivity index (χ2n) is 28.6. The summed E-state index contributed by atoms with van der Waals surface area (Å²) in [7, 11) is 0. The van der Waals surface area contributed by atoms with Gasteiger partial charge in [0.2, 0.25) is 0 Å². The van der Waals surface area contributed by atoms with Crippen molar-refractivity contribution in [2.24, 2.45) is 35.5 Å². The summed E-state index contributed by atoms with van der Waals surface area (Å²) in [6, 6.07) is 0.668. The molecule has 18 heteroatoms. The zero-order valence-corrected chi connectivity index (χ0v) is 62.9. The minimum atomic E-state index is -0.197. The molecule has 2 unspecified atom stereocenters. The average molecular weight is 1250 g/mol. The maximum absolute atomic E-state index is 11.7. The van der Waals surface area contributed by atoms with Gasteiger partial charge in [0, 0.05) is 36.3 Å². The van der Waals surface area contributed by atoms with Crippen LogP contribution in [0.25, 0.3) is 0 Å². The molecule has 6 N–H and O–H groups in total. The molecule has 0 saturated heterocycles. The molecule has 0 fully saturated rings. The summed E-state index contributed by atoms with van der Waals surface area (Å²) in [6.07, 6.45) is 2.22. The predicted octanol–water partition coefficient (Wildman–Crippen LogP) is 12.9. The van der Waals surface area contributed by atoms with Gasteiger partial charge in [-0.25, -0.2) is 0 Å². The lowest BCUT2D eigenvalue weighted by molar-refractivity contribution is -0.152. The normalized spacial score (nSPS) is 13.7. The summed E-state index contributed by atoms with van der Waals surface area (Å²) in [6.45, 7) is 71.6. The number of nitrogens with one attached hydrogen (secondary N) is 6. The first kappa shape index (κ1) is 94.7. The van der Waals surface area contributed by atoms with Crippen LogP contribution in [0.4, 0.5) is 0 Å². The summed E-state index contributed by atoms with van der Waals surface area (Å²) >= 11 is 0. The number of ether oxygens (including phenoxy) is 6. The van der Waals surface area contributed by atoms with Gasteiger partial charge < -0.3 is 60.3 Å². The topological polar surface area (TPSA) is 230 Å². The van der Waals surface area contributed by atoms with E-state index in [1.54, 1.807) is 0 Å². The molecule has 522 valence electrons. The van der Waals surface area contributed by atoms with Crippen LogP contribution in [0.3, 0.4) is 0 Å². The molecule has 0 spiro atoms. The Hall–Kier alpha value is -3.42. The molecule has 0 aliphatic heterocycles. The van der Waals surface area contributed by atoms with E-state index in [0.717, 1.165) is 19.3 Å². The standard InChI is InChI=1S/3C12H25NO2.3C11H23NO2/c3*1-8(2)7-11(13-9(3)4)12(14)15-10(5)6;3*1-7(2)10(12-8(3)4)11(13)14-9(5)6/h3*8-11,13H,7H2,1-6H3;3*7-10,12H,1-6H3/t2*11-;;2*10-;/m10.10./s1. The summed E-state index contributed by atoms with van der Waals surface area (Å²) in [5, 5.41) is 19.4. The molecule has 87 heavy (non-hydrogen) atoms. The molecule has 6 atom stereocenters. The number of carbonyl (C=O) groups excluding carboxylic acids is 6. The van der Waals surface area contributed by atoms with Gasteiger partial charge in [0.25, 0.3) is 0 Å². The number of hydrogen-bond donors (Lipinski definition) is 6. The fourth-order valence-electron chi connectivity index (χ4n) is 7.85. The zero-order valence-electron chi connectivity index (χ0n) is 62.9. The summed E-state index contributed by atoms with van der Waals surface area (Å²) < 4.78 is 31.2. The van der Waals surface area contributed by atoms with E-state index in [-0.39, 0.29) is 126 Å². The van der Waals surface area contributed by atoms with Crippen LogP contribution in [0.1, 0.15) is 269 Å². The lowest BCUT2D eigenvalue weighted by atomic mass is 10.0. The Balaban J connectivity index is -0.000000226. The fraction of sp³-hybridized carbons (Fsp3) is 0.913. The first-order valence-electron chi connectivity index (χ1n) is 33.3. The van der Waals surface area contributed by atoms with Crippen LogP contribution in [0.5, 0.6) is 0 Å². The van der Waals surface area contributed by atoms with Crippen molar-refractivity contribution >= 4 is 35.8 Å². The molecule has 0 bridgehead atoms. The van der Waals surface area contributed by atoms with Crippen molar-refractivity contribution in [3.63, 3.8) is 0 Å². The number of esters is 6. The Morgan fingerprint density at radius 2 is 0.356 bits per heavy atom. The van der Waals surface area contributed by atoms with E-state index >= 15 is 0 Å². The average Bonchev–Trinajstić information content (AvgIpc) is 3.46. The first-order chi connectivity index (χ1) is 39.5.